The van der Waals surface area contributed by atoms with Crippen LogP contribution in [0.25, 0.3) is 0 Å². The average molecular weight is 196 g/mol. The van der Waals surface area contributed by atoms with Crippen molar-refractivity contribution in [3.63, 3.8) is 0 Å². The largest absolute Gasteiger partial charge is 0.454 e. The van der Waals surface area contributed by atoms with Crippen molar-refractivity contribution in [1.82, 2.24) is 0 Å². The van der Waals surface area contributed by atoms with Gasteiger partial charge < -0.3 is 9.47 Å². The van der Waals surface area contributed by atoms with Gasteiger partial charge in [-0.2, -0.15) is 0 Å². The molecule has 14 heavy (non-hydrogen) atoms. The zero-order valence-corrected chi connectivity index (χ0v) is 8.41. The van der Waals surface area contributed by atoms with E-state index >= 15 is 0 Å². The van der Waals surface area contributed by atoms with Crippen LogP contribution in [-0.2, 0) is 0 Å². The van der Waals surface area contributed by atoms with Gasteiger partial charge in [-0.25, -0.2) is 0 Å². The molecular weight excluding hydrogens is 176 g/mol. The summed E-state index contributed by atoms with van der Waals surface area (Å²) in [5.41, 5.74) is 0. The fourth-order valence-corrected chi connectivity index (χ4v) is 0.845. The summed E-state index contributed by atoms with van der Waals surface area (Å²) in [6, 6.07) is 7.63. The van der Waals surface area contributed by atoms with Crippen molar-refractivity contribution < 1.29 is 9.47 Å². The second-order valence-electron chi connectivity index (χ2n) is 3.59. The maximum absolute atomic E-state index is 5.08. The standard InChI is InChI=1S/C7H6O2.C4H10.CH4/c1-2-4-7-6(3-1)8-5-9-7;1-4(2)3;/h1-4H,5H2;4H,1-3H3;1H4. The molecule has 2 rings (SSSR count). The number of ether oxygens (including phenoxy) is 2. The van der Waals surface area contributed by atoms with Crippen molar-refractivity contribution in [2.75, 3.05) is 6.79 Å². The van der Waals surface area contributed by atoms with E-state index < -0.39 is 0 Å². The zero-order valence-electron chi connectivity index (χ0n) is 8.41. The minimum absolute atomic E-state index is 0. The van der Waals surface area contributed by atoms with Gasteiger partial charge in [-0.15, -0.1) is 0 Å². The van der Waals surface area contributed by atoms with Crippen molar-refractivity contribution in [2.24, 2.45) is 5.92 Å². The summed E-state index contributed by atoms with van der Waals surface area (Å²) in [4.78, 5) is 0. The van der Waals surface area contributed by atoms with Gasteiger partial charge in [-0.3, -0.25) is 0 Å². The van der Waals surface area contributed by atoms with Crippen LogP contribution < -0.4 is 9.47 Å². The van der Waals surface area contributed by atoms with Crippen molar-refractivity contribution in [2.45, 2.75) is 28.2 Å². The molecule has 0 amide bonds. The molecule has 1 aromatic carbocycles. The van der Waals surface area contributed by atoms with Gasteiger partial charge >= 0.3 is 0 Å². The number of rotatable bonds is 0. The van der Waals surface area contributed by atoms with E-state index in [2.05, 4.69) is 20.8 Å². The summed E-state index contributed by atoms with van der Waals surface area (Å²) in [5, 5.41) is 0. The van der Waals surface area contributed by atoms with Gasteiger partial charge in [0.2, 0.25) is 6.79 Å². The molecule has 0 spiro atoms. The maximum atomic E-state index is 5.08. The molecular formula is C12H20O2. The van der Waals surface area contributed by atoms with Crippen LogP contribution in [0.2, 0.25) is 0 Å². The Labute approximate surface area is 86.9 Å². The highest BCUT2D eigenvalue weighted by atomic mass is 16.7. The van der Waals surface area contributed by atoms with Gasteiger partial charge in [0, 0.05) is 0 Å². The molecule has 1 aliphatic rings. The van der Waals surface area contributed by atoms with Crippen molar-refractivity contribution in [1.29, 1.82) is 0 Å². The van der Waals surface area contributed by atoms with E-state index in [0.717, 1.165) is 17.4 Å². The van der Waals surface area contributed by atoms with Gasteiger partial charge in [0.15, 0.2) is 11.5 Å². The second-order valence-corrected chi connectivity index (χ2v) is 3.59. The number of hydrogen-bond acceptors (Lipinski definition) is 2. The Balaban J connectivity index is 0.000000299. The molecule has 0 saturated heterocycles. The molecule has 0 atom stereocenters. The van der Waals surface area contributed by atoms with Crippen LogP contribution in [0.3, 0.4) is 0 Å². The minimum Gasteiger partial charge on any atom is -0.454 e. The van der Waals surface area contributed by atoms with Crippen LogP contribution >= 0.6 is 0 Å². The zero-order chi connectivity index (χ0) is 9.68. The van der Waals surface area contributed by atoms with E-state index in [4.69, 9.17) is 9.47 Å². The Kier molecular flexibility index (Phi) is 5.77. The highest BCUT2D eigenvalue weighted by molar-refractivity contribution is 5.40. The average Bonchev–Trinajstić information content (AvgIpc) is 2.49. The van der Waals surface area contributed by atoms with Crippen molar-refractivity contribution in [3.05, 3.63) is 24.3 Å². The molecule has 0 bridgehead atoms. The highest BCUT2D eigenvalue weighted by Crippen LogP contribution is 2.30. The summed E-state index contributed by atoms with van der Waals surface area (Å²) >= 11 is 0. The van der Waals surface area contributed by atoms with E-state index in [0.29, 0.717) is 6.79 Å². The Morgan fingerprint density at radius 2 is 1.36 bits per heavy atom. The predicted molar refractivity (Wildman–Crippen MR) is 59.8 cm³/mol. The molecule has 1 aliphatic heterocycles. The van der Waals surface area contributed by atoms with Crippen LogP contribution in [0.1, 0.15) is 28.2 Å². The SMILES string of the molecule is C.CC(C)C.c1ccc2c(c1)OCO2. The Morgan fingerprint density at radius 1 is 1.00 bits per heavy atom. The number of benzene rings is 1. The smallest absolute Gasteiger partial charge is 0.231 e. The molecule has 80 valence electrons. The predicted octanol–water partition coefficient (Wildman–Crippen LogP) is 3.71. The quantitative estimate of drug-likeness (QED) is 0.629. The van der Waals surface area contributed by atoms with Crippen LogP contribution in [0.15, 0.2) is 24.3 Å². The Bertz CT molecular complexity index is 230. The summed E-state index contributed by atoms with van der Waals surface area (Å²) in [6.07, 6.45) is 0. The maximum Gasteiger partial charge on any atom is 0.231 e. The van der Waals surface area contributed by atoms with Gasteiger partial charge in [0.05, 0.1) is 0 Å². The lowest BCUT2D eigenvalue weighted by Gasteiger charge is -1.89. The monoisotopic (exact) mass is 196 g/mol. The van der Waals surface area contributed by atoms with E-state index in [1.165, 1.54) is 0 Å². The number of para-hydroxylation sites is 2. The second kappa shape index (κ2) is 6.30. The third-order valence-electron chi connectivity index (χ3n) is 1.28. The summed E-state index contributed by atoms with van der Waals surface area (Å²) in [6.45, 7) is 6.86. The van der Waals surface area contributed by atoms with Crippen LogP contribution in [0.4, 0.5) is 0 Å². The molecule has 0 aliphatic carbocycles. The molecule has 1 aromatic rings. The van der Waals surface area contributed by atoms with Crippen molar-refractivity contribution in [3.8, 4) is 11.5 Å². The van der Waals surface area contributed by atoms with E-state index in [1.54, 1.807) is 0 Å². The normalized spacial score (nSPS) is 11.4. The topological polar surface area (TPSA) is 18.5 Å². The molecule has 0 saturated carbocycles. The molecule has 2 heteroatoms. The van der Waals surface area contributed by atoms with Gasteiger partial charge in [0.25, 0.3) is 0 Å². The molecule has 0 fully saturated rings. The summed E-state index contributed by atoms with van der Waals surface area (Å²) in [5.74, 6) is 2.52. The first kappa shape index (κ1) is 12.8. The van der Waals surface area contributed by atoms with E-state index in [-0.39, 0.29) is 7.43 Å². The first-order chi connectivity index (χ1) is 6.20. The molecule has 0 radical (unpaired) electrons. The molecule has 0 N–H and O–H groups in total. The number of hydrogen-bond donors (Lipinski definition) is 0. The van der Waals surface area contributed by atoms with Crippen LogP contribution in [0.5, 0.6) is 11.5 Å². The number of fused-ring (bicyclic) bond motifs is 1. The lowest BCUT2D eigenvalue weighted by Crippen LogP contribution is -1.92. The van der Waals surface area contributed by atoms with Crippen molar-refractivity contribution >= 4 is 0 Å². The van der Waals surface area contributed by atoms with E-state index in [9.17, 15) is 0 Å². The van der Waals surface area contributed by atoms with E-state index in [1.807, 2.05) is 24.3 Å². The minimum atomic E-state index is 0. The molecule has 0 aromatic heterocycles. The third kappa shape index (κ3) is 4.17. The first-order valence-corrected chi connectivity index (χ1v) is 4.54. The fourth-order valence-electron chi connectivity index (χ4n) is 0.845. The van der Waals surface area contributed by atoms with Gasteiger partial charge in [-0.1, -0.05) is 40.3 Å². The van der Waals surface area contributed by atoms with Crippen LogP contribution in [-0.4, -0.2) is 6.79 Å². The van der Waals surface area contributed by atoms with Gasteiger partial charge in [-0.05, 0) is 18.1 Å². The Morgan fingerprint density at radius 3 is 1.71 bits per heavy atom. The van der Waals surface area contributed by atoms with Crippen LogP contribution in [0, 0.1) is 5.92 Å². The Hall–Kier alpha value is -1.18. The highest BCUT2D eigenvalue weighted by Gasteiger charge is 2.09. The summed E-state index contributed by atoms with van der Waals surface area (Å²) in [7, 11) is 0. The third-order valence-corrected chi connectivity index (χ3v) is 1.28. The first-order valence-electron chi connectivity index (χ1n) is 4.54. The fraction of sp³-hybridized carbons (Fsp3) is 0.500. The molecule has 1 heterocycles. The summed E-state index contributed by atoms with van der Waals surface area (Å²) < 4.78 is 10.2. The molecule has 0 unspecified atom stereocenters. The van der Waals surface area contributed by atoms with Gasteiger partial charge in [0.1, 0.15) is 0 Å². The molecule has 2 nitrogen and oxygen atoms in total. The lowest BCUT2D eigenvalue weighted by molar-refractivity contribution is 0.174. The lowest BCUT2D eigenvalue weighted by atomic mass is 10.3.